The lowest BCUT2D eigenvalue weighted by atomic mass is 10.1. The van der Waals surface area contributed by atoms with Crippen molar-refractivity contribution in [1.82, 2.24) is 0 Å². The number of aliphatic hydroxyl groups excluding tert-OH is 1. The van der Waals surface area contributed by atoms with Gasteiger partial charge in [0.05, 0.1) is 18.0 Å². The first kappa shape index (κ1) is 8.10. The molecule has 0 aliphatic carbocycles. The van der Waals surface area contributed by atoms with Gasteiger partial charge in [0.1, 0.15) is 5.76 Å². The summed E-state index contributed by atoms with van der Waals surface area (Å²) in [4.78, 5) is 0. The van der Waals surface area contributed by atoms with E-state index in [1.54, 1.807) is 6.07 Å². The molecule has 1 aromatic heterocycles. The zero-order valence-electron chi connectivity index (χ0n) is 6.16. The number of hydrogen-bond acceptors (Lipinski definition) is 4. The number of anilines is 1. The summed E-state index contributed by atoms with van der Waals surface area (Å²) in [6.45, 7) is 0.0430. The van der Waals surface area contributed by atoms with Crippen LogP contribution in [0.3, 0.4) is 0 Å². The topological polar surface area (TPSA) is 85.4 Å². The van der Waals surface area contributed by atoms with E-state index < -0.39 is 0 Å². The van der Waals surface area contributed by atoms with E-state index in [0.717, 1.165) is 0 Å². The van der Waals surface area contributed by atoms with Crippen molar-refractivity contribution in [2.24, 2.45) is 5.73 Å². The van der Waals surface area contributed by atoms with Crippen molar-refractivity contribution in [3.05, 3.63) is 18.1 Å². The number of nitrogen functional groups attached to an aromatic ring is 1. The van der Waals surface area contributed by atoms with Crippen LogP contribution in [0.25, 0.3) is 0 Å². The predicted octanol–water partition coefficient (Wildman–Crippen LogP) is 0.244. The summed E-state index contributed by atoms with van der Waals surface area (Å²) in [7, 11) is 0. The van der Waals surface area contributed by atoms with Crippen molar-refractivity contribution in [1.29, 1.82) is 0 Å². The largest absolute Gasteiger partial charge is 0.465 e. The molecule has 1 aromatic rings. The fourth-order valence-electron chi connectivity index (χ4n) is 0.902. The van der Waals surface area contributed by atoms with E-state index in [2.05, 4.69) is 0 Å². The van der Waals surface area contributed by atoms with Crippen LogP contribution in [-0.2, 0) is 0 Å². The second-order valence-corrected chi connectivity index (χ2v) is 2.36. The first-order chi connectivity index (χ1) is 5.25. The molecule has 11 heavy (non-hydrogen) atoms. The van der Waals surface area contributed by atoms with Crippen LogP contribution in [0.15, 0.2) is 16.7 Å². The lowest BCUT2D eigenvalue weighted by molar-refractivity contribution is 0.269. The zero-order valence-corrected chi connectivity index (χ0v) is 6.16. The minimum absolute atomic E-state index is 0.0430. The van der Waals surface area contributed by atoms with E-state index in [1.807, 2.05) is 0 Å². The highest BCUT2D eigenvalue weighted by atomic mass is 16.3. The lowest BCUT2D eigenvalue weighted by Crippen LogP contribution is -2.12. The van der Waals surface area contributed by atoms with Gasteiger partial charge < -0.3 is 21.0 Å². The Bertz CT molecular complexity index is 222. The highest BCUT2D eigenvalue weighted by Gasteiger charge is 2.11. The first-order valence-electron chi connectivity index (χ1n) is 3.45. The molecule has 0 spiro atoms. The molecular weight excluding hydrogens is 144 g/mol. The Morgan fingerprint density at radius 2 is 2.36 bits per heavy atom. The number of nitrogens with two attached hydrogens (primary N) is 2. The minimum Gasteiger partial charge on any atom is -0.465 e. The third kappa shape index (κ3) is 1.72. The molecule has 4 nitrogen and oxygen atoms in total. The van der Waals surface area contributed by atoms with Crippen LogP contribution in [0.5, 0.6) is 0 Å². The lowest BCUT2D eigenvalue weighted by Gasteiger charge is -2.06. The molecule has 0 aliphatic rings. The Morgan fingerprint density at radius 1 is 1.64 bits per heavy atom. The van der Waals surface area contributed by atoms with Gasteiger partial charge in [0.2, 0.25) is 0 Å². The molecule has 62 valence electrons. The van der Waals surface area contributed by atoms with Crippen LogP contribution in [0.1, 0.15) is 18.2 Å². The summed E-state index contributed by atoms with van der Waals surface area (Å²) in [6, 6.07) is 1.35. The van der Waals surface area contributed by atoms with Crippen LogP contribution in [-0.4, -0.2) is 11.7 Å². The van der Waals surface area contributed by atoms with Crippen molar-refractivity contribution in [3.63, 3.8) is 0 Å². The van der Waals surface area contributed by atoms with Crippen LogP contribution in [0.2, 0.25) is 0 Å². The van der Waals surface area contributed by atoms with E-state index in [4.69, 9.17) is 21.0 Å². The van der Waals surface area contributed by atoms with E-state index in [9.17, 15) is 0 Å². The minimum atomic E-state index is -0.296. The van der Waals surface area contributed by atoms with Crippen molar-refractivity contribution in [3.8, 4) is 0 Å². The average Bonchev–Trinajstić information content (AvgIpc) is 2.36. The molecule has 0 saturated carbocycles. The third-order valence-corrected chi connectivity index (χ3v) is 1.50. The van der Waals surface area contributed by atoms with E-state index in [0.29, 0.717) is 17.9 Å². The Labute approximate surface area is 64.8 Å². The fraction of sp³-hybridized carbons (Fsp3) is 0.429. The maximum atomic E-state index is 8.56. The van der Waals surface area contributed by atoms with Gasteiger partial charge in [-0.25, -0.2) is 0 Å². The molecule has 1 atom stereocenters. The summed E-state index contributed by atoms with van der Waals surface area (Å²) in [5.41, 5.74) is 11.7. The molecule has 5 N–H and O–H groups in total. The summed E-state index contributed by atoms with van der Waals surface area (Å²) < 4.78 is 5.02. The maximum Gasteiger partial charge on any atom is 0.143 e. The van der Waals surface area contributed by atoms with Gasteiger partial charge in [-0.2, -0.15) is 0 Å². The van der Waals surface area contributed by atoms with Gasteiger partial charge in [-0.15, -0.1) is 0 Å². The monoisotopic (exact) mass is 156 g/mol. The fourth-order valence-corrected chi connectivity index (χ4v) is 0.902. The molecule has 4 heteroatoms. The van der Waals surface area contributed by atoms with Gasteiger partial charge >= 0.3 is 0 Å². The average molecular weight is 156 g/mol. The van der Waals surface area contributed by atoms with E-state index in [-0.39, 0.29) is 12.6 Å². The van der Waals surface area contributed by atoms with Gasteiger partial charge in [-0.3, -0.25) is 0 Å². The highest BCUT2D eigenvalue weighted by molar-refractivity contribution is 5.42. The Kier molecular flexibility index (Phi) is 2.51. The molecular formula is C7H12N2O2. The number of aliphatic hydroxyl groups is 1. The molecule has 0 saturated heterocycles. The third-order valence-electron chi connectivity index (χ3n) is 1.50. The van der Waals surface area contributed by atoms with Crippen molar-refractivity contribution < 1.29 is 9.52 Å². The molecule has 0 radical (unpaired) electrons. The van der Waals surface area contributed by atoms with E-state index >= 15 is 0 Å². The normalized spacial score (nSPS) is 13.3. The van der Waals surface area contributed by atoms with Crippen molar-refractivity contribution in [2.45, 2.75) is 12.5 Å². The Balaban J connectivity index is 2.67. The quantitative estimate of drug-likeness (QED) is 0.585. The van der Waals surface area contributed by atoms with E-state index in [1.165, 1.54) is 6.26 Å². The number of furan rings is 1. The molecule has 1 heterocycles. The van der Waals surface area contributed by atoms with Gasteiger partial charge in [0, 0.05) is 6.61 Å². The summed E-state index contributed by atoms with van der Waals surface area (Å²) >= 11 is 0. The molecule has 0 aromatic carbocycles. The number of rotatable bonds is 3. The van der Waals surface area contributed by atoms with Crippen LogP contribution in [0.4, 0.5) is 5.69 Å². The Morgan fingerprint density at radius 3 is 2.82 bits per heavy atom. The van der Waals surface area contributed by atoms with Crippen LogP contribution < -0.4 is 11.5 Å². The molecule has 0 amide bonds. The smallest absolute Gasteiger partial charge is 0.143 e. The molecule has 0 bridgehead atoms. The summed E-state index contributed by atoms with van der Waals surface area (Å²) in [5.74, 6) is 0.555. The highest BCUT2D eigenvalue weighted by Crippen LogP contribution is 2.21. The van der Waals surface area contributed by atoms with Gasteiger partial charge in [-0.05, 0) is 12.5 Å². The standard InChI is InChI=1S/C7H12N2O2/c8-5(1-3-10)7-6(9)2-4-11-7/h2,4-5,10H,1,3,8-9H2/t5-/m0/s1. The summed E-state index contributed by atoms with van der Waals surface area (Å²) in [6.07, 6.45) is 1.96. The number of hydrogen-bond donors (Lipinski definition) is 3. The molecule has 0 aliphatic heterocycles. The van der Waals surface area contributed by atoms with Gasteiger partial charge in [-0.1, -0.05) is 0 Å². The second-order valence-electron chi connectivity index (χ2n) is 2.36. The first-order valence-corrected chi connectivity index (χ1v) is 3.45. The maximum absolute atomic E-state index is 8.56. The van der Waals surface area contributed by atoms with Crippen LogP contribution in [0, 0.1) is 0 Å². The Hall–Kier alpha value is -1.00. The molecule has 0 unspecified atom stereocenters. The summed E-state index contributed by atoms with van der Waals surface area (Å²) in [5, 5.41) is 8.56. The van der Waals surface area contributed by atoms with Gasteiger partial charge in [0.15, 0.2) is 0 Å². The van der Waals surface area contributed by atoms with Crippen molar-refractivity contribution >= 4 is 5.69 Å². The second kappa shape index (κ2) is 3.41. The molecule has 0 fully saturated rings. The SMILES string of the molecule is Nc1ccoc1[C@@H](N)CCO. The predicted molar refractivity (Wildman–Crippen MR) is 41.8 cm³/mol. The molecule has 1 rings (SSSR count). The van der Waals surface area contributed by atoms with Crippen LogP contribution >= 0.6 is 0 Å². The van der Waals surface area contributed by atoms with Crippen molar-refractivity contribution in [2.75, 3.05) is 12.3 Å². The van der Waals surface area contributed by atoms with Gasteiger partial charge in [0.25, 0.3) is 0 Å². The zero-order chi connectivity index (χ0) is 8.27.